The number of carbonyl (C=O) groups is 1. The summed E-state index contributed by atoms with van der Waals surface area (Å²) >= 11 is 0. The lowest BCUT2D eigenvalue weighted by molar-refractivity contribution is -0.132. The van der Waals surface area contributed by atoms with Gasteiger partial charge in [-0.25, -0.2) is 9.50 Å². The van der Waals surface area contributed by atoms with Gasteiger partial charge in [-0.3, -0.25) is 4.79 Å². The lowest BCUT2D eigenvalue weighted by Gasteiger charge is -2.30. The summed E-state index contributed by atoms with van der Waals surface area (Å²) in [6, 6.07) is 4.02. The Hall–Kier alpha value is -3.69. The molecule has 0 saturated carbocycles. The largest absolute Gasteiger partial charge is 0.480 e. The van der Waals surface area contributed by atoms with Gasteiger partial charge in [0.25, 0.3) is 0 Å². The molecule has 1 saturated heterocycles. The molecule has 10 heteroatoms. The molecule has 0 bridgehead atoms. The molecule has 1 amide bonds. The minimum atomic E-state index is 0.102. The number of aromatic amines is 1. The van der Waals surface area contributed by atoms with Crippen molar-refractivity contribution < 1.29 is 9.53 Å². The van der Waals surface area contributed by atoms with E-state index in [-0.39, 0.29) is 11.9 Å². The Morgan fingerprint density at radius 1 is 1.34 bits per heavy atom. The number of likely N-dealkylation sites (tertiary alicyclic amines) is 1. The van der Waals surface area contributed by atoms with Gasteiger partial charge in [0.2, 0.25) is 17.7 Å². The highest BCUT2D eigenvalue weighted by atomic mass is 16.5. The van der Waals surface area contributed by atoms with Crippen LogP contribution in [0, 0.1) is 0 Å². The summed E-state index contributed by atoms with van der Waals surface area (Å²) in [5.41, 5.74) is 3.32. The van der Waals surface area contributed by atoms with E-state index in [1.54, 1.807) is 16.5 Å². The second-order valence-electron chi connectivity index (χ2n) is 7.11. The smallest absolute Gasteiger partial charge is 0.228 e. The number of H-pyrrole nitrogens is 1. The average molecular weight is 392 g/mol. The van der Waals surface area contributed by atoms with Crippen LogP contribution in [0.25, 0.3) is 27.8 Å². The van der Waals surface area contributed by atoms with Gasteiger partial charge >= 0.3 is 0 Å². The number of carbonyl (C=O) groups excluding carboxylic acids is 1. The lowest BCUT2D eigenvalue weighted by Crippen LogP contribution is -2.43. The van der Waals surface area contributed by atoms with Gasteiger partial charge < -0.3 is 19.9 Å². The first-order chi connectivity index (χ1) is 14.1. The number of anilines is 1. The number of pyridine rings is 1. The highest BCUT2D eigenvalue weighted by molar-refractivity contribution is 5.98. The van der Waals surface area contributed by atoms with Crippen molar-refractivity contribution in [2.75, 3.05) is 26.0 Å². The van der Waals surface area contributed by atoms with Crippen LogP contribution in [0.3, 0.4) is 0 Å². The molecule has 29 heavy (non-hydrogen) atoms. The van der Waals surface area contributed by atoms with Gasteiger partial charge in [0.15, 0.2) is 5.65 Å². The SMILES string of the molecule is COc1nc(NC2CCC(=O)N(C)C2)nc2[nH]cc(-c3ccn4ncnc4c3)c12. The van der Waals surface area contributed by atoms with Gasteiger partial charge in [-0.1, -0.05) is 0 Å². The summed E-state index contributed by atoms with van der Waals surface area (Å²) in [5.74, 6) is 1.12. The second kappa shape index (κ2) is 6.73. The number of likely N-dealkylation sites (N-methyl/N-ethyl adjacent to an activating group) is 1. The second-order valence-corrected chi connectivity index (χ2v) is 7.11. The van der Waals surface area contributed by atoms with E-state index in [1.165, 1.54) is 6.33 Å². The van der Waals surface area contributed by atoms with Crippen molar-refractivity contribution in [1.82, 2.24) is 34.4 Å². The standard InChI is InChI=1S/C19H20N8O2/c1-26-9-12(3-4-15(26)28)23-19-24-17-16(18(25-19)29-2)13(8-20-17)11-5-6-27-14(7-11)21-10-22-27/h5-8,10,12H,3-4,9H2,1-2H3,(H2,20,23,24,25). The number of rotatable bonds is 4. The Morgan fingerprint density at radius 3 is 3.07 bits per heavy atom. The number of nitrogens with zero attached hydrogens (tertiary/aromatic N) is 6. The molecule has 4 aromatic rings. The first kappa shape index (κ1) is 17.4. The van der Waals surface area contributed by atoms with Gasteiger partial charge in [0.1, 0.15) is 12.0 Å². The molecule has 1 atom stereocenters. The topological polar surface area (TPSA) is 113 Å². The number of methoxy groups -OCH3 is 1. The predicted molar refractivity (Wildman–Crippen MR) is 107 cm³/mol. The maximum absolute atomic E-state index is 11.7. The predicted octanol–water partition coefficient (Wildman–Crippen LogP) is 1.71. The van der Waals surface area contributed by atoms with Crippen molar-refractivity contribution in [3.05, 3.63) is 30.9 Å². The molecule has 2 N–H and O–H groups in total. The van der Waals surface area contributed by atoms with Crippen molar-refractivity contribution in [3.63, 3.8) is 0 Å². The van der Waals surface area contributed by atoms with E-state index < -0.39 is 0 Å². The Bertz CT molecular complexity index is 1210. The highest BCUT2D eigenvalue weighted by Gasteiger charge is 2.24. The maximum Gasteiger partial charge on any atom is 0.228 e. The molecule has 10 nitrogen and oxygen atoms in total. The molecule has 0 aromatic carbocycles. The number of aromatic nitrogens is 6. The van der Waals surface area contributed by atoms with Crippen LogP contribution in [0.5, 0.6) is 5.88 Å². The average Bonchev–Trinajstić information content (AvgIpc) is 3.36. The van der Waals surface area contributed by atoms with E-state index in [0.717, 1.165) is 28.6 Å². The van der Waals surface area contributed by atoms with E-state index in [0.29, 0.717) is 30.4 Å². The molecule has 4 aromatic heterocycles. The zero-order chi connectivity index (χ0) is 20.0. The van der Waals surface area contributed by atoms with Crippen LogP contribution in [0.15, 0.2) is 30.9 Å². The summed E-state index contributed by atoms with van der Waals surface area (Å²) in [6.07, 6.45) is 6.54. The normalized spacial score (nSPS) is 17.2. The van der Waals surface area contributed by atoms with Crippen LogP contribution < -0.4 is 10.1 Å². The minimum absolute atomic E-state index is 0.102. The number of ether oxygens (including phenoxy) is 1. The van der Waals surface area contributed by atoms with Crippen LogP contribution in [-0.2, 0) is 4.79 Å². The lowest BCUT2D eigenvalue weighted by atomic mass is 10.1. The van der Waals surface area contributed by atoms with Crippen LogP contribution in [-0.4, -0.2) is 67.1 Å². The third-order valence-electron chi connectivity index (χ3n) is 5.24. The molecule has 0 radical (unpaired) electrons. The monoisotopic (exact) mass is 392 g/mol. The quantitative estimate of drug-likeness (QED) is 0.543. The highest BCUT2D eigenvalue weighted by Crippen LogP contribution is 2.34. The molecule has 1 aliphatic rings. The van der Waals surface area contributed by atoms with Crippen LogP contribution in [0.4, 0.5) is 5.95 Å². The fourth-order valence-corrected chi connectivity index (χ4v) is 3.74. The van der Waals surface area contributed by atoms with Crippen LogP contribution in [0.1, 0.15) is 12.8 Å². The summed E-state index contributed by atoms with van der Waals surface area (Å²) < 4.78 is 7.29. The Morgan fingerprint density at radius 2 is 2.24 bits per heavy atom. The zero-order valence-electron chi connectivity index (χ0n) is 16.1. The number of hydrogen-bond acceptors (Lipinski definition) is 7. The molecule has 148 valence electrons. The minimum Gasteiger partial charge on any atom is -0.480 e. The molecule has 1 aliphatic heterocycles. The molecule has 5 heterocycles. The van der Waals surface area contributed by atoms with Crippen molar-refractivity contribution in [3.8, 4) is 17.0 Å². The van der Waals surface area contributed by atoms with Gasteiger partial charge in [-0.15, -0.1) is 0 Å². The summed E-state index contributed by atoms with van der Waals surface area (Å²) in [4.78, 5) is 30.1. The van der Waals surface area contributed by atoms with Crippen LogP contribution >= 0.6 is 0 Å². The number of hydrogen-bond donors (Lipinski definition) is 2. The molecule has 0 aliphatic carbocycles. The first-order valence-electron chi connectivity index (χ1n) is 9.36. The Labute approximate surface area is 165 Å². The van der Waals surface area contributed by atoms with E-state index >= 15 is 0 Å². The van der Waals surface area contributed by atoms with Gasteiger partial charge in [-0.05, 0) is 24.1 Å². The van der Waals surface area contributed by atoms with E-state index in [2.05, 4.69) is 30.4 Å². The van der Waals surface area contributed by atoms with Crippen molar-refractivity contribution in [2.24, 2.45) is 0 Å². The summed E-state index contributed by atoms with van der Waals surface area (Å²) in [5, 5.41) is 8.26. The number of fused-ring (bicyclic) bond motifs is 2. The van der Waals surface area contributed by atoms with E-state index in [4.69, 9.17) is 4.74 Å². The molecular formula is C19H20N8O2. The fourth-order valence-electron chi connectivity index (χ4n) is 3.74. The van der Waals surface area contributed by atoms with Crippen LogP contribution in [0.2, 0.25) is 0 Å². The Balaban J connectivity index is 1.51. The van der Waals surface area contributed by atoms with Gasteiger partial charge in [0.05, 0.1) is 12.5 Å². The summed E-state index contributed by atoms with van der Waals surface area (Å²) in [6.45, 7) is 0.622. The zero-order valence-corrected chi connectivity index (χ0v) is 16.1. The number of nitrogens with one attached hydrogen (secondary N) is 2. The summed E-state index contributed by atoms with van der Waals surface area (Å²) in [7, 11) is 3.40. The first-order valence-corrected chi connectivity index (χ1v) is 9.36. The third-order valence-corrected chi connectivity index (χ3v) is 5.24. The maximum atomic E-state index is 11.7. The molecular weight excluding hydrogens is 372 g/mol. The molecule has 0 spiro atoms. The number of piperidine rings is 1. The fraction of sp³-hybridized carbons (Fsp3) is 0.316. The molecule has 1 unspecified atom stereocenters. The van der Waals surface area contributed by atoms with Gasteiger partial charge in [0, 0.05) is 44.0 Å². The molecule has 1 fully saturated rings. The number of amides is 1. The van der Waals surface area contributed by atoms with Crippen molar-refractivity contribution in [1.29, 1.82) is 0 Å². The van der Waals surface area contributed by atoms with E-state index in [1.807, 2.05) is 31.6 Å². The molecule has 5 rings (SSSR count). The van der Waals surface area contributed by atoms with Gasteiger partial charge in [-0.2, -0.15) is 15.1 Å². The third kappa shape index (κ3) is 3.02. The van der Waals surface area contributed by atoms with E-state index in [9.17, 15) is 4.79 Å². The van der Waals surface area contributed by atoms with Crippen molar-refractivity contribution >= 4 is 28.5 Å². The Kier molecular flexibility index (Phi) is 4.04. The van der Waals surface area contributed by atoms with Crippen molar-refractivity contribution in [2.45, 2.75) is 18.9 Å².